The van der Waals surface area contributed by atoms with Crippen LogP contribution in [0.25, 0.3) is 0 Å². The van der Waals surface area contributed by atoms with Crippen molar-refractivity contribution in [3.05, 3.63) is 59.2 Å². The molecular formula is C27H41N3O8. The lowest BCUT2D eigenvalue weighted by Crippen LogP contribution is -2.35. The van der Waals surface area contributed by atoms with E-state index < -0.39 is 18.3 Å². The Labute approximate surface area is 224 Å². The van der Waals surface area contributed by atoms with Gasteiger partial charge in [0, 0.05) is 38.7 Å². The van der Waals surface area contributed by atoms with Gasteiger partial charge in [0.25, 0.3) is 5.91 Å². The highest BCUT2D eigenvalue weighted by molar-refractivity contribution is 6.03. The van der Waals surface area contributed by atoms with Crippen LogP contribution in [0.5, 0.6) is 5.75 Å². The van der Waals surface area contributed by atoms with E-state index in [0.717, 1.165) is 17.6 Å². The first-order chi connectivity index (χ1) is 18.2. The number of nitrogens with two attached hydrogens (primary N) is 2. The molecule has 4 unspecified atom stereocenters. The molecule has 1 aliphatic rings. The number of phenolic OH excluding ortho intramolecular Hbond substituents is 1. The van der Waals surface area contributed by atoms with E-state index in [4.69, 9.17) is 29.9 Å². The molecule has 0 saturated carbocycles. The fourth-order valence-electron chi connectivity index (χ4n) is 4.13. The molecule has 2 bridgehead atoms. The molecule has 1 heterocycles. The van der Waals surface area contributed by atoms with Crippen LogP contribution in [0.15, 0.2) is 53.6 Å². The average molecular weight is 536 g/mol. The third-order valence-corrected chi connectivity index (χ3v) is 6.15. The summed E-state index contributed by atoms with van der Waals surface area (Å²) in [6, 6.07) is 5.05. The number of primary amides is 1. The molecule has 2 amide bonds. The summed E-state index contributed by atoms with van der Waals surface area (Å²) in [6.07, 6.45) is 6.86. The number of aryl methyl sites for hydroxylation is 1. The number of amides is 2. The zero-order chi connectivity index (χ0) is 28.7. The first-order valence-corrected chi connectivity index (χ1v) is 12.1. The predicted octanol–water partition coefficient (Wildman–Crippen LogP) is 3.35. The van der Waals surface area contributed by atoms with Gasteiger partial charge in [-0.05, 0) is 62.8 Å². The number of methoxy groups -OCH3 is 3. The highest BCUT2D eigenvalue weighted by atomic mass is 16.6. The molecule has 38 heavy (non-hydrogen) atoms. The molecule has 11 nitrogen and oxygen atoms in total. The maximum absolute atomic E-state index is 12.7. The second-order valence-corrected chi connectivity index (χ2v) is 8.76. The van der Waals surface area contributed by atoms with Crippen molar-refractivity contribution in [3.63, 3.8) is 0 Å². The smallest absolute Gasteiger partial charge is 0.405 e. The number of fused-ring (bicyclic) bond motifs is 2. The minimum atomic E-state index is -0.921. The van der Waals surface area contributed by atoms with Gasteiger partial charge in [0.1, 0.15) is 11.9 Å². The van der Waals surface area contributed by atoms with Crippen LogP contribution in [0.2, 0.25) is 0 Å². The standard InChI is InChI=1S/C27H38N2O7.H3NO/c1-17-12-13-23(34-4)22(33-3)10-7-9-19-14-20(16-21(30)15-19)29-26(31)18(2)8-6-11-24(35-5)25(17)36-27(28)32;1-2/h6,8,11-12,14-16,22-25,30H,7,9-10,13H2,1-5H3,(H2,28,32)(H,29,31);2H,1H2/b11-6-,17-12+,18-8+;. The quantitative estimate of drug-likeness (QED) is 0.286. The van der Waals surface area contributed by atoms with Gasteiger partial charge in [0.2, 0.25) is 0 Å². The zero-order valence-corrected chi connectivity index (χ0v) is 22.7. The average Bonchev–Trinajstić information content (AvgIpc) is 2.89. The van der Waals surface area contributed by atoms with E-state index in [-0.39, 0.29) is 23.9 Å². The molecule has 1 aromatic carbocycles. The van der Waals surface area contributed by atoms with Crippen LogP contribution in [-0.2, 0) is 30.2 Å². The molecule has 0 radical (unpaired) electrons. The SMILES string of the molecule is COC1/C=C\C=C(/C)C(=O)Nc2cc(O)cc(c2)CCCC(OC)C(OC)C/C=C(\C)C1OC(N)=O.NO. The Morgan fingerprint density at radius 1 is 1.05 bits per heavy atom. The largest absolute Gasteiger partial charge is 0.508 e. The van der Waals surface area contributed by atoms with E-state index in [0.29, 0.717) is 30.5 Å². The van der Waals surface area contributed by atoms with Gasteiger partial charge >= 0.3 is 6.09 Å². The minimum absolute atomic E-state index is 0.0809. The van der Waals surface area contributed by atoms with Crippen molar-refractivity contribution in [2.75, 3.05) is 26.6 Å². The topological polar surface area (TPSA) is 176 Å². The van der Waals surface area contributed by atoms with Crippen LogP contribution in [-0.4, -0.2) is 68.1 Å². The number of carbonyl (C=O) groups excluding carboxylic acids is 2. The molecule has 4 atom stereocenters. The third-order valence-electron chi connectivity index (χ3n) is 6.15. The van der Waals surface area contributed by atoms with Crippen molar-refractivity contribution >= 4 is 17.7 Å². The highest BCUT2D eigenvalue weighted by Crippen LogP contribution is 2.24. The lowest BCUT2D eigenvalue weighted by atomic mass is 9.98. The van der Waals surface area contributed by atoms with Crippen LogP contribution >= 0.6 is 0 Å². The molecule has 2 rings (SSSR count). The lowest BCUT2D eigenvalue weighted by Gasteiger charge is -2.26. The zero-order valence-electron chi connectivity index (χ0n) is 22.7. The van der Waals surface area contributed by atoms with Crippen molar-refractivity contribution in [2.24, 2.45) is 11.6 Å². The van der Waals surface area contributed by atoms with Gasteiger partial charge in [0.15, 0.2) is 6.10 Å². The summed E-state index contributed by atoms with van der Waals surface area (Å²) in [5, 5.41) is 19.5. The van der Waals surface area contributed by atoms with Gasteiger partial charge in [-0.25, -0.2) is 10.7 Å². The Kier molecular flexibility index (Phi) is 15.0. The number of nitrogens with one attached hydrogen (secondary N) is 1. The molecule has 0 fully saturated rings. The number of anilines is 1. The summed E-state index contributed by atoms with van der Waals surface area (Å²) in [4.78, 5) is 24.3. The Balaban J connectivity index is 0.00000352. The van der Waals surface area contributed by atoms with Crippen LogP contribution in [0.4, 0.5) is 10.5 Å². The number of hydrogen-bond donors (Lipinski definition) is 5. The van der Waals surface area contributed by atoms with Crippen molar-refractivity contribution < 1.29 is 38.9 Å². The van der Waals surface area contributed by atoms with Crippen molar-refractivity contribution in [2.45, 2.75) is 63.9 Å². The van der Waals surface area contributed by atoms with Gasteiger partial charge in [-0.2, -0.15) is 0 Å². The van der Waals surface area contributed by atoms with Gasteiger partial charge in [-0.3, -0.25) is 4.79 Å². The van der Waals surface area contributed by atoms with Crippen LogP contribution in [0, 0.1) is 0 Å². The molecule has 0 aliphatic carbocycles. The van der Waals surface area contributed by atoms with Crippen LogP contribution < -0.4 is 16.9 Å². The van der Waals surface area contributed by atoms with Crippen LogP contribution in [0.1, 0.15) is 38.7 Å². The summed E-state index contributed by atoms with van der Waals surface area (Å²) >= 11 is 0. The molecule has 1 aromatic rings. The number of rotatable bonds is 4. The lowest BCUT2D eigenvalue weighted by molar-refractivity contribution is -0.112. The van der Waals surface area contributed by atoms with E-state index in [1.54, 1.807) is 45.4 Å². The molecule has 0 saturated heterocycles. The van der Waals surface area contributed by atoms with E-state index in [1.165, 1.54) is 13.2 Å². The number of benzene rings is 1. The van der Waals surface area contributed by atoms with Gasteiger partial charge in [-0.1, -0.05) is 24.3 Å². The minimum Gasteiger partial charge on any atom is -0.508 e. The molecule has 1 aliphatic heterocycles. The molecule has 0 aromatic heterocycles. The number of carbonyl (C=O) groups is 2. The summed E-state index contributed by atoms with van der Waals surface area (Å²) in [6.45, 7) is 3.50. The second-order valence-electron chi connectivity index (χ2n) is 8.76. The van der Waals surface area contributed by atoms with E-state index in [9.17, 15) is 14.7 Å². The van der Waals surface area contributed by atoms with Crippen LogP contribution in [0.3, 0.4) is 0 Å². The summed E-state index contributed by atoms with van der Waals surface area (Å²) in [5.74, 6) is 3.27. The number of aromatic hydroxyl groups is 1. The maximum atomic E-state index is 12.7. The van der Waals surface area contributed by atoms with E-state index >= 15 is 0 Å². The number of ether oxygens (including phenoxy) is 4. The summed E-state index contributed by atoms with van der Waals surface area (Å²) in [7, 11) is 4.77. The third kappa shape index (κ3) is 10.6. The Morgan fingerprint density at radius 2 is 1.74 bits per heavy atom. The predicted molar refractivity (Wildman–Crippen MR) is 144 cm³/mol. The maximum Gasteiger partial charge on any atom is 0.405 e. The fourth-order valence-corrected chi connectivity index (χ4v) is 4.13. The first-order valence-electron chi connectivity index (χ1n) is 12.1. The molecule has 212 valence electrons. The molecule has 11 heteroatoms. The van der Waals surface area contributed by atoms with Crippen molar-refractivity contribution in [1.29, 1.82) is 0 Å². The number of hydrogen-bond acceptors (Lipinski definition) is 9. The molecule has 7 N–H and O–H groups in total. The summed E-state index contributed by atoms with van der Waals surface area (Å²) < 4.78 is 22.4. The number of phenols is 1. The number of allylic oxidation sites excluding steroid dienone is 2. The first kappa shape index (κ1) is 32.8. The van der Waals surface area contributed by atoms with Gasteiger partial charge in [-0.15, -0.1) is 0 Å². The summed E-state index contributed by atoms with van der Waals surface area (Å²) in [5.41, 5.74) is 7.92. The Morgan fingerprint density at radius 3 is 2.34 bits per heavy atom. The van der Waals surface area contributed by atoms with Gasteiger partial charge < -0.3 is 40.3 Å². The Hall–Kier alpha value is -3.22. The molecular weight excluding hydrogens is 494 g/mol. The highest BCUT2D eigenvalue weighted by Gasteiger charge is 2.26. The fraction of sp³-hybridized carbons (Fsp3) is 0.481. The van der Waals surface area contributed by atoms with E-state index in [1.807, 2.05) is 19.1 Å². The van der Waals surface area contributed by atoms with E-state index in [2.05, 4.69) is 11.2 Å². The van der Waals surface area contributed by atoms with Gasteiger partial charge in [0.05, 0.1) is 12.2 Å². The molecule has 0 spiro atoms. The van der Waals surface area contributed by atoms with Crippen molar-refractivity contribution in [3.8, 4) is 5.75 Å². The van der Waals surface area contributed by atoms with Crippen molar-refractivity contribution in [1.82, 2.24) is 0 Å². The Bertz CT molecular complexity index is 993. The monoisotopic (exact) mass is 535 g/mol. The normalized spacial score (nSPS) is 26.9. The second kappa shape index (κ2) is 17.3.